The molecule has 66 valence electrons. The van der Waals surface area contributed by atoms with Gasteiger partial charge in [0, 0.05) is 4.91 Å². The Labute approximate surface area is 68.0 Å². The predicted molar refractivity (Wildman–Crippen MR) is 39.3 cm³/mol. The lowest BCUT2D eigenvalue weighted by Crippen LogP contribution is -2.39. The van der Waals surface area contributed by atoms with Crippen LogP contribution in [0.15, 0.2) is 5.11 Å². The lowest BCUT2D eigenvalue weighted by molar-refractivity contribution is -0.141. The summed E-state index contributed by atoms with van der Waals surface area (Å²) in [6.07, 6.45) is 0. The molecule has 1 atom stereocenters. The fourth-order valence-corrected chi connectivity index (χ4v) is 0.445. The third kappa shape index (κ3) is 4.13. The highest BCUT2D eigenvalue weighted by Gasteiger charge is 2.12. The molecular formula is C5H8N4O3. The Morgan fingerprint density at radius 3 is 2.75 bits per heavy atom. The largest absolute Gasteiger partial charge is 0.480 e. The summed E-state index contributed by atoms with van der Waals surface area (Å²) >= 11 is 0. The van der Waals surface area contributed by atoms with Gasteiger partial charge in [-0.05, 0) is 12.5 Å². The van der Waals surface area contributed by atoms with E-state index in [9.17, 15) is 9.59 Å². The average molecular weight is 172 g/mol. The highest BCUT2D eigenvalue weighted by molar-refractivity contribution is 5.84. The van der Waals surface area contributed by atoms with Gasteiger partial charge in [-0.1, -0.05) is 5.11 Å². The first-order chi connectivity index (χ1) is 5.57. The van der Waals surface area contributed by atoms with E-state index in [0.717, 1.165) is 0 Å². The minimum Gasteiger partial charge on any atom is -0.480 e. The van der Waals surface area contributed by atoms with E-state index in [2.05, 4.69) is 15.3 Å². The second-order valence-electron chi connectivity index (χ2n) is 2.02. The van der Waals surface area contributed by atoms with Crippen LogP contribution in [0.25, 0.3) is 10.4 Å². The maximum atomic E-state index is 10.7. The predicted octanol–water partition coefficient (Wildman–Crippen LogP) is -0.114. The molecule has 2 N–H and O–H groups in total. The smallest absolute Gasteiger partial charge is 0.325 e. The first kappa shape index (κ1) is 10.2. The van der Waals surface area contributed by atoms with Gasteiger partial charge < -0.3 is 10.4 Å². The van der Waals surface area contributed by atoms with Gasteiger partial charge in [0.25, 0.3) is 0 Å². The fourth-order valence-electron chi connectivity index (χ4n) is 0.445. The second-order valence-corrected chi connectivity index (χ2v) is 2.02. The lowest BCUT2D eigenvalue weighted by atomic mass is 10.3. The maximum absolute atomic E-state index is 10.7. The number of carboxylic acid groups (broad SMARTS) is 1. The van der Waals surface area contributed by atoms with Crippen LogP contribution in [0.1, 0.15) is 6.92 Å². The number of amides is 1. The van der Waals surface area contributed by atoms with Crippen LogP contribution >= 0.6 is 0 Å². The van der Waals surface area contributed by atoms with Gasteiger partial charge in [-0.3, -0.25) is 9.59 Å². The lowest BCUT2D eigenvalue weighted by Gasteiger charge is -2.06. The van der Waals surface area contributed by atoms with E-state index in [1.54, 1.807) is 0 Å². The Balaban J connectivity index is 3.84. The van der Waals surface area contributed by atoms with Gasteiger partial charge in [-0.25, -0.2) is 0 Å². The van der Waals surface area contributed by atoms with Gasteiger partial charge in [0.2, 0.25) is 5.91 Å². The van der Waals surface area contributed by atoms with Crippen LogP contribution in [0.2, 0.25) is 0 Å². The molecule has 0 saturated carbocycles. The number of hydrogen-bond acceptors (Lipinski definition) is 3. The number of hydrogen-bond donors (Lipinski definition) is 2. The molecule has 0 spiro atoms. The van der Waals surface area contributed by atoms with E-state index in [-0.39, 0.29) is 6.54 Å². The molecule has 0 saturated heterocycles. The van der Waals surface area contributed by atoms with Gasteiger partial charge in [0.1, 0.15) is 12.6 Å². The summed E-state index contributed by atoms with van der Waals surface area (Å²) in [4.78, 5) is 23.2. The molecule has 0 aromatic carbocycles. The van der Waals surface area contributed by atoms with Crippen molar-refractivity contribution in [1.29, 1.82) is 0 Å². The van der Waals surface area contributed by atoms with Crippen LogP contribution in [0.3, 0.4) is 0 Å². The zero-order valence-corrected chi connectivity index (χ0v) is 6.39. The summed E-state index contributed by atoms with van der Waals surface area (Å²) in [6, 6.07) is -0.966. The topological polar surface area (TPSA) is 115 Å². The number of carbonyl (C=O) groups is 2. The zero-order valence-electron chi connectivity index (χ0n) is 6.39. The Morgan fingerprint density at radius 1 is 1.75 bits per heavy atom. The second kappa shape index (κ2) is 4.97. The molecule has 0 bridgehead atoms. The van der Waals surface area contributed by atoms with Crippen LogP contribution in [0, 0.1) is 0 Å². The van der Waals surface area contributed by atoms with Crippen molar-refractivity contribution in [3.8, 4) is 0 Å². The molecule has 12 heavy (non-hydrogen) atoms. The molecule has 1 amide bonds. The molecule has 7 heteroatoms. The Kier molecular flexibility index (Phi) is 4.25. The number of carboxylic acids is 1. The molecule has 0 radical (unpaired) electrons. The highest BCUT2D eigenvalue weighted by atomic mass is 16.4. The van der Waals surface area contributed by atoms with Crippen molar-refractivity contribution >= 4 is 11.9 Å². The molecule has 0 heterocycles. The third-order valence-electron chi connectivity index (χ3n) is 1.03. The maximum Gasteiger partial charge on any atom is 0.325 e. The summed E-state index contributed by atoms with van der Waals surface area (Å²) in [5.74, 6) is -1.74. The summed E-state index contributed by atoms with van der Waals surface area (Å²) in [6.45, 7) is 0.935. The van der Waals surface area contributed by atoms with E-state index in [1.807, 2.05) is 0 Å². The summed E-state index contributed by atoms with van der Waals surface area (Å²) < 4.78 is 0. The fraction of sp³-hybridized carbons (Fsp3) is 0.600. The van der Waals surface area contributed by atoms with Crippen molar-refractivity contribution in [2.24, 2.45) is 5.11 Å². The molecule has 7 nitrogen and oxygen atoms in total. The number of nitrogens with one attached hydrogen (secondary N) is 1. The standard InChI is InChI=1S/C5H8N4O3/c1-3(5(11)12)8-4(10)2-7-9-6/h3H,2H2,1H3,(H,8,10)(H,11,12)/t3-/m0/s1. The monoisotopic (exact) mass is 172 g/mol. The van der Waals surface area contributed by atoms with E-state index in [1.165, 1.54) is 6.92 Å². The molecule has 0 aliphatic carbocycles. The van der Waals surface area contributed by atoms with Crippen molar-refractivity contribution in [2.75, 3.05) is 6.54 Å². The van der Waals surface area contributed by atoms with E-state index >= 15 is 0 Å². The van der Waals surface area contributed by atoms with Crippen molar-refractivity contribution in [2.45, 2.75) is 13.0 Å². The quantitative estimate of drug-likeness (QED) is 0.350. The van der Waals surface area contributed by atoms with E-state index < -0.39 is 17.9 Å². The first-order valence-corrected chi connectivity index (χ1v) is 3.11. The van der Waals surface area contributed by atoms with Crippen LogP contribution in [-0.4, -0.2) is 29.6 Å². The van der Waals surface area contributed by atoms with Gasteiger partial charge in [0.05, 0.1) is 0 Å². The molecule has 0 aliphatic heterocycles. The van der Waals surface area contributed by atoms with Crippen molar-refractivity contribution in [1.82, 2.24) is 5.32 Å². The Hall–Kier alpha value is -1.75. The highest BCUT2D eigenvalue weighted by Crippen LogP contribution is 1.81. The van der Waals surface area contributed by atoms with Gasteiger partial charge in [-0.2, -0.15) is 0 Å². The third-order valence-corrected chi connectivity index (χ3v) is 1.03. The molecule has 0 unspecified atom stereocenters. The van der Waals surface area contributed by atoms with Crippen molar-refractivity contribution in [3.05, 3.63) is 10.4 Å². The number of carbonyl (C=O) groups excluding carboxylic acids is 1. The average Bonchev–Trinajstić information content (AvgIpc) is 2.00. The Bertz CT molecular complexity index is 233. The Morgan fingerprint density at radius 2 is 2.33 bits per heavy atom. The zero-order chi connectivity index (χ0) is 9.56. The van der Waals surface area contributed by atoms with Gasteiger partial charge in [-0.15, -0.1) is 0 Å². The van der Waals surface area contributed by atoms with Crippen LogP contribution in [-0.2, 0) is 9.59 Å². The van der Waals surface area contributed by atoms with E-state index in [0.29, 0.717) is 0 Å². The first-order valence-electron chi connectivity index (χ1n) is 3.11. The van der Waals surface area contributed by atoms with Crippen LogP contribution < -0.4 is 5.32 Å². The molecule has 0 aliphatic rings. The minimum atomic E-state index is -1.13. The van der Waals surface area contributed by atoms with Gasteiger partial charge in [0.15, 0.2) is 0 Å². The van der Waals surface area contributed by atoms with Crippen LogP contribution in [0.5, 0.6) is 0 Å². The number of nitrogens with zero attached hydrogens (tertiary/aromatic N) is 3. The molecule has 0 aromatic rings. The number of azide groups is 1. The summed E-state index contributed by atoms with van der Waals surface area (Å²) in [5, 5.41) is 13.4. The SMILES string of the molecule is C[C@H](NC(=O)CN=[N+]=[N-])C(=O)O. The van der Waals surface area contributed by atoms with Crippen molar-refractivity contribution < 1.29 is 14.7 Å². The molecule has 0 rings (SSSR count). The normalized spacial score (nSPS) is 11.1. The molecule has 0 aromatic heterocycles. The number of aliphatic carboxylic acids is 1. The van der Waals surface area contributed by atoms with E-state index in [4.69, 9.17) is 10.6 Å². The van der Waals surface area contributed by atoms with Crippen LogP contribution in [0.4, 0.5) is 0 Å². The minimum absolute atomic E-state index is 0.381. The summed E-state index contributed by atoms with van der Waals surface area (Å²) in [7, 11) is 0. The number of rotatable bonds is 4. The van der Waals surface area contributed by atoms with Gasteiger partial charge >= 0.3 is 5.97 Å². The molecule has 0 fully saturated rings. The molecular weight excluding hydrogens is 164 g/mol. The summed E-state index contributed by atoms with van der Waals surface area (Å²) in [5.41, 5.74) is 7.82. The van der Waals surface area contributed by atoms with Crippen molar-refractivity contribution in [3.63, 3.8) is 0 Å².